The van der Waals surface area contributed by atoms with Crippen LogP contribution in [0.1, 0.15) is 5.69 Å². The molecule has 0 fully saturated rings. The Kier molecular flexibility index (Phi) is 1.53. The summed E-state index contributed by atoms with van der Waals surface area (Å²) in [5.41, 5.74) is 1.18. The Morgan fingerprint density at radius 1 is 1.55 bits per heavy atom. The Bertz CT molecular complexity index is 269. The summed E-state index contributed by atoms with van der Waals surface area (Å²) in [5.74, 6) is 1.21. The second-order valence-electron chi connectivity index (χ2n) is 2.64. The fraction of sp³-hybridized carbons (Fsp3) is 0.375. The van der Waals surface area contributed by atoms with Crippen molar-refractivity contribution in [3.63, 3.8) is 0 Å². The van der Waals surface area contributed by atoms with Crippen LogP contribution >= 0.6 is 11.8 Å². The van der Waals surface area contributed by atoms with Crippen LogP contribution in [0, 0.1) is 6.92 Å². The number of rotatable bonds is 0. The summed E-state index contributed by atoms with van der Waals surface area (Å²) in [6, 6.07) is 3.54. The molecular formula is C8H9NOS. The van der Waals surface area contributed by atoms with Gasteiger partial charge in [-0.2, -0.15) is 4.57 Å². The lowest BCUT2D eigenvalue weighted by molar-refractivity contribution is -0.731. The number of hydrogen-bond donors (Lipinski definition) is 0. The standard InChI is InChI=1S/C8H9NOS/c1-6-2-3-7(10)8-9(6)4-5-11-8/h2-3H,4-5H2,1H3. The molecule has 3 heteroatoms. The molecule has 0 saturated carbocycles. The highest BCUT2D eigenvalue weighted by Crippen LogP contribution is 2.26. The van der Waals surface area contributed by atoms with Crippen molar-refractivity contribution < 1.29 is 9.67 Å². The summed E-state index contributed by atoms with van der Waals surface area (Å²) < 4.78 is 2.09. The van der Waals surface area contributed by atoms with Crippen molar-refractivity contribution in [1.29, 1.82) is 0 Å². The van der Waals surface area contributed by atoms with Gasteiger partial charge in [0, 0.05) is 13.0 Å². The highest BCUT2D eigenvalue weighted by atomic mass is 32.2. The van der Waals surface area contributed by atoms with Gasteiger partial charge in [-0.15, -0.1) is 0 Å². The molecule has 0 aliphatic carbocycles. The van der Waals surface area contributed by atoms with Gasteiger partial charge in [-0.05, 0) is 5.75 Å². The van der Waals surface area contributed by atoms with E-state index in [1.54, 1.807) is 17.8 Å². The van der Waals surface area contributed by atoms with Gasteiger partial charge in [-0.3, -0.25) is 0 Å². The summed E-state index contributed by atoms with van der Waals surface area (Å²) in [6.07, 6.45) is 0. The monoisotopic (exact) mass is 167 g/mol. The zero-order valence-electron chi connectivity index (χ0n) is 6.33. The van der Waals surface area contributed by atoms with Gasteiger partial charge in [0.15, 0.2) is 12.2 Å². The molecule has 0 N–H and O–H groups in total. The van der Waals surface area contributed by atoms with Gasteiger partial charge in [0.1, 0.15) is 0 Å². The molecule has 0 aromatic carbocycles. The average molecular weight is 167 g/mol. The largest absolute Gasteiger partial charge is 0.868 e. The minimum absolute atomic E-state index is 0.165. The molecule has 58 valence electrons. The first-order valence-corrected chi connectivity index (χ1v) is 4.61. The third-order valence-electron chi connectivity index (χ3n) is 1.91. The van der Waals surface area contributed by atoms with Crippen LogP contribution in [0.3, 0.4) is 0 Å². The molecule has 1 aliphatic rings. The van der Waals surface area contributed by atoms with Crippen molar-refractivity contribution in [1.82, 2.24) is 0 Å². The molecular weight excluding hydrogens is 158 g/mol. The van der Waals surface area contributed by atoms with Crippen molar-refractivity contribution in [3.8, 4) is 5.75 Å². The number of hydrogen-bond acceptors (Lipinski definition) is 2. The summed E-state index contributed by atoms with van der Waals surface area (Å²) in [5, 5.41) is 12.1. The first kappa shape index (κ1) is 6.98. The molecule has 1 aromatic heterocycles. The van der Waals surface area contributed by atoms with E-state index in [2.05, 4.69) is 4.57 Å². The molecule has 0 saturated heterocycles. The number of pyridine rings is 1. The minimum atomic E-state index is 0.165. The number of aryl methyl sites for hydroxylation is 1. The quantitative estimate of drug-likeness (QED) is 0.525. The smallest absolute Gasteiger partial charge is 0.232 e. The predicted molar refractivity (Wildman–Crippen MR) is 41.5 cm³/mol. The van der Waals surface area contributed by atoms with Gasteiger partial charge in [0.05, 0.1) is 5.75 Å². The number of thioether (sulfide) groups is 1. The van der Waals surface area contributed by atoms with Crippen LogP contribution in [0.2, 0.25) is 0 Å². The Balaban J connectivity index is 2.64. The van der Waals surface area contributed by atoms with Crippen LogP contribution in [0.15, 0.2) is 17.2 Å². The van der Waals surface area contributed by atoms with Crippen molar-refractivity contribution >= 4 is 11.8 Å². The molecule has 0 amide bonds. The van der Waals surface area contributed by atoms with Crippen molar-refractivity contribution in [2.24, 2.45) is 0 Å². The normalized spacial score (nSPS) is 15.0. The Morgan fingerprint density at radius 2 is 2.36 bits per heavy atom. The molecule has 0 bridgehead atoms. The maximum absolute atomic E-state index is 11.2. The molecule has 0 spiro atoms. The molecule has 1 aromatic rings. The average Bonchev–Trinajstić information content (AvgIpc) is 2.45. The van der Waals surface area contributed by atoms with Crippen LogP contribution in [0.25, 0.3) is 0 Å². The van der Waals surface area contributed by atoms with Gasteiger partial charge in [0.2, 0.25) is 5.03 Å². The first-order chi connectivity index (χ1) is 5.29. The molecule has 1 aliphatic heterocycles. The van der Waals surface area contributed by atoms with Gasteiger partial charge < -0.3 is 5.11 Å². The van der Waals surface area contributed by atoms with Gasteiger partial charge in [-0.1, -0.05) is 17.8 Å². The SMILES string of the molecule is Cc1ccc([O-])c2[n+]1CCS2. The number of nitrogens with zero attached hydrogens (tertiary/aromatic N) is 1. The first-order valence-electron chi connectivity index (χ1n) is 3.62. The van der Waals surface area contributed by atoms with Crippen molar-refractivity contribution in [3.05, 3.63) is 17.8 Å². The number of aromatic nitrogens is 1. The third kappa shape index (κ3) is 0.997. The Morgan fingerprint density at radius 3 is 3.09 bits per heavy atom. The lowest BCUT2D eigenvalue weighted by Crippen LogP contribution is -2.36. The van der Waals surface area contributed by atoms with E-state index in [1.807, 2.05) is 13.0 Å². The summed E-state index contributed by atoms with van der Waals surface area (Å²) >= 11 is 1.66. The van der Waals surface area contributed by atoms with E-state index in [9.17, 15) is 5.11 Å². The van der Waals surface area contributed by atoms with Crippen LogP contribution in [-0.4, -0.2) is 5.75 Å². The van der Waals surface area contributed by atoms with Crippen LogP contribution in [0.4, 0.5) is 0 Å². The summed E-state index contributed by atoms with van der Waals surface area (Å²) in [4.78, 5) is 0. The molecule has 2 rings (SSSR count). The fourth-order valence-corrected chi connectivity index (χ4v) is 2.38. The Hall–Kier alpha value is -0.700. The molecule has 0 atom stereocenters. The molecule has 11 heavy (non-hydrogen) atoms. The van der Waals surface area contributed by atoms with Gasteiger partial charge in [-0.25, -0.2) is 0 Å². The van der Waals surface area contributed by atoms with Crippen molar-refractivity contribution in [2.45, 2.75) is 18.5 Å². The van der Waals surface area contributed by atoms with E-state index in [4.69, 9.17) is 0 Å². The molecule has 2 heterocycles. The zero-order valence-corrected chi connectivity index (χ0v) is 7.15. The van der Waals surface area contributed by atoms with E-state index in [0.717, 1.165) is 17.3 Å². The van der Waals surface area contributed by atoms with Crippen LogP contribution < -0.4 is 9.67 Å². The van der Waals surface area contributed by atoms with E-state index in [0.29, 0.717) is 0 Å². The highest BCUT2D eigenvalue weighted by molar-refractivity contribution is 7.99. The lowest BCUT2D eigenvalue weighted by Gasteiger charge is -2.05. The maximum Gasteiger partial charge on any atom is 0.232 e. The fourth-order valence-electron chi connectivity index (χ4n) is 1.31. The van der Waals surface area contributed by atoms with Crippen LogP contribution in [-0.2, 0) is 6.54 Å². The van der Waals surface area contributed by atoms with E-state index in [-0.39, 0.29) is 5.75 Å². The molecule has 0 radical (unpaired) electrons. The predicted octanol–water partition coefficient (Wildman–Crippen LogP) is 0.462. The van der Waals surface area contributed by atoms with E-state index < -0.39 is 0 Å². The van der Waals surface area contributed by atoms with E-state index in [1.165, 1.54) is 5.69 Å². The zero-order chi connectivity index (χ0) is 7.84. The summed E-state index contributed by atoms with van der Waals surface area (Å²) in [6.45, 7) is 3.02. The maximum atomic E-state index is 11.2. The van der Waals surface area contributed by atoms with Gasteiger partial charge in [0.25, 0.3) is 0 Å². The van der Waals surface area contributed by atoms with E-state index >= 15 is 0 Å². The Labute approximate surface area is 69.9 Å². The second-order valence-corrected chi connectivity index (χ2v) is 3.73. The third-order valence-corrected chi connectivity index (χ3v) is 2.99. The highest BCUT2D eigenvalue weighted by Gasteiger charge is 2.21. The topological polar surface area (TPSA) is 26.9 Å². The van der Waals surface area contributed by atoms with Gasteiger partial charge >= 0.3 is 0 Å². The second kappa shape index (κ2) is 2.41. The molecule has 2 nitrogen and oxygen atoms in total. The van der Waals surface area contributed by atoms with Crippen molar-refractivity contribution in [2.75, 3.05) is 5.75 Å². The molecule has 0 unspecified atom stereocenters. The summed E-state index contributed by atoms with van der Waals surface area (Å²) in [7, 11) is 0. The number of fused-ring (bicyclic) bond motifs is 1. The minimum Gasteiger partial charge on any atom is -0.868 e. The lowest BCUT2D eigenvalue weighted by atomic mass is 10.3. The van der Waals surface area contributed by atoms with Crippen LogP contribution in [0.5, 0.6) is 5.75 Å².